The van der Waals surface area contributed by atoms with Gasteiger partial charge in [0.15, 0.2) is 0 Å². The fraction of sp³-hybridized carbons (Fsp3) is 0.263. The van der Waals surface area contributed by atoms with E-state index in [1.54, 1.807) is 0 Å². The van der Waals surface area contributed by atoms with Gasteiger partial charge in [-0.25, -0.2) is 0 Å². The summed E-state index contributed by atoms with van der Waals surface area (Å²) in [7, 11) is 0. The highest BCUT2D eigenvalue weighted by molar-refractivity contribution is 8.00. The Bertz CT molecular complexity index is 824. The number of benzene rings is 2. The number of thioether (sulfide) groups is 1. The second-order valence-corrected chi connectivity index (χ2v) is 7.38. The monoisotopic (exact) mass is 395 g/mol. The van der Waals surface area contributed by atoms with Gasteiger partial charge in [0, 0.05) is 29.5 Å². The molecular weight excluding hydrogens is 379 g/mol. The van der Waals surface area contributed by atoms with Gasteiger partial charge in [-0.15, -0.1) is 0 Å². The molecule has 1 aliphatic rings. The van der Waals surface area contributed by atoms with Crippen LogP contribution in [-0.2, 0) is 4.79 Å². The standard InChI is InChI=1S/C19H16F3NO3S/c20-19(21,22)27-14-8-6-13(7-9-14)17(24)23-10-15(16(11-23)18(25)26)12-4-2-1-3-5-12/h1-9,15-16H,10-11H2,(H,25,26)/t15-,16-/m1/s1. The molecule has 2 atom stereocenters. The van der Waals surface area contributed by atoms with Crippen molar-refractivity contribution in [3.63, 3.8) is 0 Å². The number of carbonyl (C=O) groups is 2. The van der Waals surface area contributed by atoms with Crippen molar-refractivity contribution in [3.8, 4) is 0 Å². The summed E-state index contributed by atoms with van der Waals surface area (Å²) in [6.07, 6.45) is 0. The van der Waals surface area contributed by atoms with Crippen LogP contribution in [0, 0.1) is 5.92 Å². The largest absolute Gasteiger partial charge is 0.481 e. The number of halogens is 3. The third-order valence-electron chi connectivity index (χ3n) is 4.49. The molecule has 1 amide bonds. The number of carboxylic acids is 1. The third-order valence-corrected chi connectivity index (χ3v) is 5.23. The molecule has 27 heavy (non-hydrogen) atoms. The van der Waals surface area contributed by atoms with Gasteiger partial charge >= 0.3 is 11.5 Å². The summed E-state index contributed by atoms with van der Waals surface area (Å²) in [6, 6.07) is 14.3. The summed E-state index contributed by atoms with van der Waals surface area (Å²) >= 11 is -0.247. The highest BCUT2D eigenvalue weighted by atomic mass is 32.2. The Labute approximate surface area is 158 Å². The summed E-state index contributed by atoms with van der Waals surface area (Å²) < 4.78 is 37.2. The molecule has 1 aliphatic heterocycles. The van der Waals surface area contributed by atoms with Crippen LogP contribution >= 0.6 is 11.8 Å². The SMILES string of the molecule is O=C(O)[C@@H]1CN(C(=O)c2ccc(SC(F)(F)F)cc2)C[C@@H]1c1ccccc1. The number of likely N-dealkylation sites (tertiary alicyclic amines) is 1. The van der Waals surface area contributed by atoms with Crippen LogP contribution in [0.4, 0.5) is 13.2 Å². The first kappa shape index (κ1) is 19.3. The second-order valence-electron chi connectivity index (χ2n) is 6.24. The molecular formula is C19H16F3NO3S. The van der Waals surface area contributed by atoms with Gasteiger partial charge < -0.3 is 10.0 Å². The van der Waals surface area contributed by atoms with Crippen molar-refractivity contribution >= 4 is 23.6 Å². The van der Waals surface area contributed by atoms with Gasteiger partial charge in [0.1, 0.15) is 0 Å². The Morgan fingerprint density at radius 3 is 2.19 bits per heavy atom. The lowest BCUT2D eigenvalue weighted by Gasteiger charge is -2.17. The van der Waals surface area contributed by atoms with E-state index in [1.165, 1.54) is 29.2 Å². The number of carboxylic acid groups (broad SMARTS) is 1. The molecule has 0 spiro atoms. The predicted octanol–water partition coefficient (Wildman–Crippen LogP) is 4.24. The molecule has 1 fully saturated rings. The first-order valence-electron chi connectivity index (χ1n) is 8.17. The fourth-order valence-corrected chi connectivity index (χ4v) is 3.78. The average molecular weight is 395 g/mol. The van der Waals surface area contributed by atoms with Crippen LogP contribution in [0.15, 0.2) is 59.5 Å². The van der Waals surface area contributed by atoms with E-state index in [2.05, 4.69) is 0 Å². The first-order valence-corrected chi connectivity index (χ1v) is 8.99. The molecule has 2 aromatic carbocycles. The predicted molar refractivity (Wildman–Crippen MR) is 94.6 cm³/mol. The first-order chi connectivity index (χ1) is 12.7. The second kappa shape index (κ2) is 7.64. The number of alkyl halides is 3. The summed E-state index contributed by atoms with van der Waals surface area (Å²) in [6.45, 7) is 0.311. The molecule has 0 aromatic heterocycles. The molecule has 0 radical (unpaired) electrons. The van der Waals surface area contributed by atoms with E-state index in [0.717, 1.165) is 5.56 Å². The Morgan fingerprint density at radius 1 is 1.00 bits per heavy atom. The summed E-state index contributed by atoms with van der Waals surface area (Å²) in [5, 5.41) is 9.51. The maximum absolute atomic E-state index is 12.7. The van der Waals surface area contributed by atoms with Crippen molar-refractivity contribution in [2.75, 3.05) is 13.1 Å². The van der Waals surface area contributed by atoms with E-state index in [0.29, 0.717) is 0 Å². The van der Waals surface area contributed by atoms with E-state index in [4.69, 9.17) is 0 Å². The Balaban J connectivity index is 1.76. The van der Waals surface area contributed by atoms with Gasteiger partial charge in [0.25, 0.3) is 5.91 Å². The van der Waals surface area contributed by atoms with Gasteiger partial charge in [-0.2, -0.15) is 13.2 Å². The third kappa shape index (κ3) is 4.63. The molecule has 8 heteroatoms. The van der Waals surface area contributed by atoms with Gasteiger partial charge in [-0.05, 0) is 41.6 Å². The molecule has 0 unspecified atom stereocenters. The molecule has 0 aliphatic carbocycles. The Morgan fingerprint density at radius 2 is 1.63 bits per heavy atom. The Hall–Kier alpha value is -2.48. The molecule has 0 bridgehead atoms. The topological polar surface area (TPSA) is 57.6 Å². The highest BCUT2D eigenvalue weighted by Crippen LogP contribution is 2.37. The van der Waals surface area contributed by atoms with Crippen LogP contribution in [-0.4, -0.2) is 40.5 Å². The van der Waals surface area contributed by atoms with E-state index in [1.807, 2.05) is 30.3 Å². The summed E-state index contributed by atoms with van der Waals surface area (Å²) in [5.74, 6) is -2.41. The quantitative estimate of drug-likeness (QED) is 0.787. The minimum Gasteiger partial charge on any atom is -0.481 e. The van der Waals surface area contributed by atoms with Crippen LogP contribution in [0.3, 0.4) is 0 Å². The summed E-state index contributed by atoms with van der Waals surface area (Å²) in [5.41, 5.74) is -3.31. The number of aliphatic carboxylic acids is 1. The van der Waals surface area contributed by atoms with Crippen molar-refractivity contribution in [2.24, 2.45) is 5.92 Å². The van der Waals surface area contributed by atoms with Crippen LogP contribution < -0.4 is 0 Å². The van der Waals surface area contributed by atoms with E-state index >= 15 is 0 Å². The van der Waals surface area contributed by atoms with Crippen LogP contribution in [0.25, 0.3) is 0 Å². The number of hydrogen-bond acceptors (Lipinski definition) is 3. The smallest absolute Gasteiger partial charge is 0.446 e. The zero-order chi connectivity index (χ0) is 19.6. The molecule has 1 N–H and O–H groups in total. The van der Waals surface area contributed by atoms with Gasteiger partial charge in [0.2, 0.25) is 0 Å². The minimum absolute atomic E-state index is 0.00829. The number of nitrogens with zero attached hydrogens (tertiary/aromatic N) is 1. The molecule has 3 rings (SSSR count). The zero-order valence-electron chi connectivity index (χ0n) is 14.0. The lowest BCUT2D eigenvalue weighted by Crippen LogP contribution is -2.29. The molecule has 4 nitrogen and oxygen atoms in total. The van der Waals surface area contributed by atoms with Gasteiger partial charge in [0.05, 0.1) is 5.92 Å². The lowest BCUT2D eigenvalue weighted by molar-refractivity contribution is -0.141. The highest BCUT2D eigenvalue weighted by Gasteiger charge is 2.40. The number of rotatable bonds is 4. The van der Waals surface area contributed by atoms with Crippen LogP contribution in [0.2, 0.25) is 0 Å². The molecule has 2 aromatic rings. The van der Waals surface area contributed by atoms with Crippen LogP contribution in [0.1, 0.15) is 21.8 Å². The maximum atomic E-state index is 12.7. The molecule has 1 saturated heterocycles. The number of hydrogen-bond donors (Lipinski definition) is 1. The molecule has 142 valence electrons. The van der Waals surface area contributed by atoms with Crippen molar-refractivity contribution in [3.05, 3.63) is 65.7 Å². The number of amides is 1. The lowest BCUT2D eigenvalue weighted by atomic mass is 9.89. The van der Waals surface area contributed by atoms with Crippen molar-refractivity contribution in [1.82, 2.24) is 4.90 Å². The van der Waals surface area contributed by atoms with E-state index < -0.39 is 17.4 Å². The maximum Gasteiger partial charge on any atom is 0.446 e. The Kier molecular flexibility index (Phi) is 5.46. The fourth-order valence-electron chi connectivity index (χ4n) is 3.24. The minimum atomic E-state index is -4.39. The van der Waals surface area contributed by atoms with E-state index in [-0.39, 0.29) is 47.1 Å². The molecule has 0 saturated carbocycles. The normalized spacial score (nSPS) is 19.9. The number of carbonyl (C=O) groups excluding carboxylic acids is 1. The van der Waals surface area contributed by atoms with Crippen molar-refractivity contribution in [2.45, 2.75) is 16.3 Å². The average Bonchev–Trinajstić information content (AvgIpc) is 3.07. The van der Waals surface area contributed by atoms with E-state index in [9.17, 15) is 27.9 Å². The van der Waals surface area contributed by atoms with Crippen molar-refractivity contribution < 1.29 is 27.9 Å². The zero-order valence-corrected chi connectivity index (χ0v) is 14.8. The van der Waals surface area contributed by atoms with Gasteiger partial charge in [-0.1, -0.05) is 30.3 Å². The van der Waals surface area contributed by atoms with Gasteiger partial charge in [-0.3, -0.25) is 9.59 Å². The van der Waals surface area contributed by atoms with Crippen LogP contribution in [0.5, 0.6) is 0 Å². The van der Waals surface area contributed by atoms with Crippen molar-refractivity contribution in [1.29, 1.82) is 0 Å². The molecule has 1 heterocycles. The summed E-state index contributed by atoms with van der Waals surface area (Å²) in [4.78, 5) is 25.8.